The van der Waals surface area contributed by atoms with Crippen molar-refractivity contribution in [2.75, 3.05) is 13.7 Å². The van der Waals surface area contributed by atoms with E-state index in [-0.39, 0.29) is 60.5 Å². The van der Waals surface area contributed by atoms with Crippen LogP contribution in [-0.2, 0) is 28.5 Å². The molecule has 8 nitrogen and oxygen atoms in total. The summed E-state index contributed by atoms with van der Waals surface area (Å²) in [4.78, 5) is 12.1. The minimum absolute atomic E-state index is 0.0707. The minimum atomic E-state index is -0.878. The molecule has 2 N–H and O–H groups in total. The van der Waals surface area contributed by atoms with Crippen LogP contribution in [0.15, 0.2) is 24.0 Å². The van der Waals surface area contributed by atoms with Crippen LogP contribution in [0, 0.1) is 34.5 Å². The van der Waals surface area contributed by atoms with Crippen molar-refractivity contribution in [1.82, 2.24) is 0 Å². The number of aliphatic hydroxyl groups is 2. The van der Waals surface area contributed by atoms with E-state index in [0.717, 1.165) is 50.5 Å². The first-order chi connectivity index (χ1) is 19.4. The summed E-state index contributed by atoms with van der Waals surface area (Å²) in [5.41, 5.74) is -0.176. The highest BCUT2D eigenvalue weighted by Gasteiger charge is 2.70. The van der Waals surface area contributed by atoms with Crippen molar-refractivity contribution in [3.05, 3.63) is 24.0 Å². The van der Waals surface area contributed by atoms with Gasteiger partial charge in [0.05, 0.1) is 29.7 Å². The van der Waals surface area contributed by atoms with Gasteiger partial charge in [-0.05, 0) is 87.5 Å². The van der Waals surface area contributed by atoms with Crippen molar-refractivity contribution in [1.29, 1.82) is 0 Å². The summed E-state index contributed by atoms with van der Waals surface area (Å²) in [6, 6.07) is 0. The van der Waals surface area contributed by atoms with Crippen LogP contribution in [0.4, 0.5) is 0 Å². The van der Waals surface area contributed by atoms with E-state index >= 15 is 0 Å². The Morgan fingerprint density at radius 1 is 1.10 bits per heavy atom. The van der Waals surface area contributed by atoms with Gasteiger partial charge in [0, 0.05) is 37.4 Å². The lowest BCUT2D eigenvalue weighted by Gasteiger charge is -2.63. The molecule has 41 heavy (non-hydrogen) atoms. The number of cyclic esters (lactones) is 1. The molecule has 13 atom stereocenters. The molecule has 0 aromatic carbocycles. The van der Waals surface area contributed by atoms with Gasteiger partial charge < -0.3 is 33.9 Å². The number of rotatable bonds is 6. The smallest absolute Gasteiger partial charge is 0.331 e. The van der Waals surface area contributed by atoms with Gasteiger partial charge in [0.15, 0.2) is 6.29 Å². The molecule has 6 aliphatic rings. The maximum absolute atomic E-state index is 12.8. The largest absolute Gasteiger partial charge is 0.495 e. The Morgan fingerprint density at radius 3 is 2.56 bits per heavy atom. The third-order valence-corrected chi connectivity index (χ3v) is 12.5. The number of fused-ring (bicyclic) bond motifs is 5. The first-order valence-corrected chi connectivity index (χ1v) is 15.8. The monoisotopic (exact) mass is 574 g/mol. The van der Waals surface area contributed by atoms with Gasteiger partial charge in [-0.3, -0.25) is 0 Å². The fraction of sp³-hybridized carbons (Fsp3) is 0.848. The molecule has 0 radical (unpaired) electrons. The Hall–Kier alpha value is -1.45. The van der Waals surface area contributed by atoms with E-state index in [1.165, 1.54) is 0 Å². The van der Waals surface area contributed by atoms with Gasteiger partial charge in [-0.2, -0.15) is 0 Å². The molecule has 6 rings (SSSR count). The summed E-state index contributed by atoms with van der Waals surface area (Å²) in [6.45, 7) is 12.7. The highest BCUT2D eigenvalue weighted by Crippen LogP contribution is 2.70. The number of esters is 1. The van der Waals surface area contributed by atoms with E-state index in [1.807, 2.05) is 13.8 Å². The van der Waals surface area contributed by atoms with Crippen molar-refractivity contribution in [2.45, 2.75) is 128 Å². The van der Waals surface area contributed by atoms with E-state index in [2.05, 4.69) is 20.4 Å². The van der Waals surface area contributed by atoms with Crippen LogP contribution in [0.3, 0.4) is 0 Å². The van der Waals surface area contributed by atoms with E-state index in [0.29, 0.717) is 30.4 Å². The Bertz CT molecular complexity index is 1070. The standard InChI is InChI=1S/C33H50O8/c1-18(2)39-26-16-33(36)24-8-7-21-14-22(41-28-15-25(37-6)30(35)19(3)40-28)9-11-31(21,4)23(24)10-12-32(33,5)29(26)20-13-27(34)38-17-20/h13,19,21-26,28-30,35-36H,1,7-12,14-17H2,2-6H3/t19?,21-,22?,23+,24-,25?,26?,28?,29?,30?,31+,32?,33?/m1/s1. The van der Waals surface area contributed by atoms with E-state index in [9.17, 15) is 15.0 Å². The molecule has 230 valence electrons. The quantitative estimate of drug-likeness (QED) is 0.268. The molecule has 8 heteroatoms. The first-order valence-electron chi connectivity index (χ1n) is 15.8. The van der Waals surface area contributed by atoms with Crippen LogP contribution in [0.1, 0.15) is 85.5 Å². The normalized spacial score (nSPS) is 51.2. The number of ether oxygens (including phenoxy) is 5. The molecule has 0 aromatic heterocycles. The molecular formula is C33H50O8. The SMILES string of the molecule is C=C(C)OC1CC2(O)[C@@H]3CC[C@@H]4CC(OC5CC(OC)C(O)C(C)O5)CC[C@]4(C)[C@H]3CCC2(C)C1C1=CC(=O)OC1. The molecule has 4 aliphatic carbocycles. The molecule has 5 fully saturated rings. The van der Waals surface area contributed by atoms with Crippen molar-refractivity contribution < 1.29 is 38.7 Å². The molecule has 4 saturated carbocycles. The first kappa shape index (κ1) is 29.6. The summed E-state index contributed by atoms with van der Waals surface area (Å²) >= 11 is 0. The molecule has 0 amide bonds. The summed E-state index contributed by atoms with van der Waals surface area (Å²) in [6.07, 6.45) is 8.10. The number of carbonyl (C=O) groups is 1. The minimum Gasteiger partial charge on any atom is -0.495 e. The van der Waals surface area contributed by atoms with Crippen LogP contribution in [-0.4, -0.2) is 72.3 Å². The second-order valence-corrected chi connectivity index (χ2v) is 14.5. The van der Waals surface area contributed by atoms with Crippen molar-refractivity contribution in [2.24, 2.45) is 34.5 Å². The highest BCUT2D eigenvalue weighted by atomic mass is 16.7. The highest BCUT2D eigenvalue weighted by molar-refractivity contribution is 5.85. The Balaban J connectivity index is 1.19. The van der Waals surface area contributed by atoms with Crippen LogP contribution in [0.2, 0.25) is 0 Å². The fourth-order valence-electron chi connectivity index (χ4n) is 10.5. The summed E-state index contributed by atoms with van der Waals surface area (Å²) < 4.78 is 29.7. The maximum Gasteiger partial charge on any atom is 0.331 e. The Morgan fingerprint density at radius 2 is 1.88 bits per heavy atom. The molecule has 2 heterocycles. The molecule has 0 bridgehead atoms. The molecule has 0 spiro atoms. The molecule has 1 saturated heterocycles. The van der Waals surface area contributed by atoms with E-state index in [4.69, 9.17) is 23.7 Å². The summed E-state index contributed by atoms with van der Waals surface area (Å²) in [5, 5.41) is 23.1. The number of methoxy groups -OCH3 is 1. The average molecular weight is 575 g/mol. The molecule has 2 aliphatic heterocycles. The number of aliphatic hydroxyl groups excluding tert-OH is 1. The number of carbonyl (C=O) groups excluding carboxylic acids is 1. The molecule has 9 unspecified atom stereocenters. The maximum atomic E-state index is 12.8. The van der Waals surface area contributed by atoms with Crippen molar-refractivity contribution in [3.8, 4) is 0 Å². The zero-order valence-corrected chi connectivity index (χ0v) is 25.5. The number of hydrogen-bond acceptors (Lipinski definition) is 8. The lowest BCUT2D eigenvalue weighted by Crippen LogP contribution is -2.62. The third kappa shape index (κ3) is 4.71. The molecular weight excluding hydrogens is 524 g/mol. The Kier molecular flexibility index (Phi) is 7.67. The lowest BCUT2D eigenvalue weighted by atomic mass is 9.43. The van der Waals surface area contributed by atoms with Crippen LogP contribution >= 0.6 is 0 Å². The fourth-order valence-corrected chi connectivity index (χ4v) is 10.5. The zero-order chi connectivity index (χ0) is 29.3. The van der Waals surface area contributed by atoms with Crippen molar-refractivity contribution in [3.63, 3.8) is 0 Å². The summed E-state index contributed by atoms with van der Waals surface area (Å²) in [5.74, 6) is 1.42. The van der Waals surface area contributed by atoms with Gasteiger partial charge in [0.25, 0.3) is 0 Å². The van der Waals surface area contributed by atoms with Gasteiger partial charge in [0.2, 0.25) is 0 Å². The van der Waals surface area contributed by atoms with Gasteiger partial charge in [-0.15, -0.1) is 0 Å². The molecule has 0 aromatic rings. The van der Waals surface area contributed by atoms with Crippen molar-refractivity contribution >= 4 is 5.97 Å². The predicted octanol–water partition coefficient (Wildman–Crippen LogP) is 4.67. The van der Waals surface area contributed by atoms with Gasteiger partial charge in [0.1, 0.15) is 18.8 Å². The Labute approximate surface area is 244 Å². The zero-order valence-electron chi connectivity index (χ0n) is 25.5. The van der Waals surface area contributed by atoms with Crippen LogP contribution in [0.5, 0.6) is 0 Å². The van der Waals surface area contributed by atoms with Crippen LogP contribution in [0.25, 0.3) is 0 Å². The van der Waals surface area contributed by atoms with E-state index < -0.39 is 17.1 Å². The lowest BCUT2D eigenvalue weighted by molar-refractivity contribution is -0.273. The van der Waals surface area contributed by atoms with Gasteiger partial charge >= 0.3 is 5.97 Å². The number of hydrogen-bond donors (Lipinski definition) is 2. The second-order valence-electron chi connectivity index (χ2n) is 14.5. The third-order valence-electron chi connectivity index (χ3n) is 12.5. The van der Waals surface area contributed by atoms with Crippen LogP contribution < -0.4 is 0 Å². The van der Waals surface area contributed by atoms with E-state index in [1.54, 1.807) is 13.2 Å². The van der Waals surface area contributed by atoms with Gasteiger partial charge in [-0.25, -0.2) is 4.79 Å². The average Bonchev–Trinajstić information content (AvgIpc) is 3.42. The predicted molar refractivity (Wildman–Crippen MR) is 151 cm³/mol. The topological polar surface area (TPSA) is 104 Å². The second kappa shape index (κ2) is 10.6. The summed E-state index contributed by atoms with van der Waals surface area (Å²) in [7, 11) is 1.63. The number of allylic oxidation sites excluding steroid dienone is 1. The van der Waals surface area contributed by atoms with Gasteiger partial charge in [-0.1, -0.05) is 20.4 Å².